The van der Waals surface area contributed by atoms with Gasteiger partial charge in [-0.2, -0.15) is 5.26 Å². The van der Waals surface area contributed by atoms with Gasteiger partial charge in [0.05, 0.1) is 29.8 Å². The Morgan fingerprint density at radius 1 is 1.50 bits per heavy atom. The number of aryl methyl sites for hydroxylation is 1. The highest BCUT2D eigenvalue weighted by Crippen LogP contribution is 2.48. The normalized spacial score (nSPS) is 16.9. The molecule has 1 aromatic carbocycles. The molecule has 2 aromatic heterocycles. The first-order valence-electron chi connectivity index (χ1n) is 8.79. The minimum Gasteiger partial charge on any atom is -0.394 e. The highest BCUT2D eigenvalue weighted by atomic mass is 35.5. The Bertz CT molecular complexity index is 1030. The Morgan fingerprint density at radius 2 is 2.36 bits per heavy atom. The predicted octanol–water partition coefficient (Wildman–Crippen LogP) is 3.23. The number of benzene rings is 1. The molecule has 28 heavy (non-hydrogen) atoms. The molecule has 1 aliphatic rings. The first-order chi connectivity index (χ1) is 13.6. The van der Waals surface area contributed by atoms with Crippen LogP contribution in [-0.4, -0.2) is 52.7 Å². The first-order valence-corrected chi connectivity index (χ1v) is 9.99. The molecule has 1 unspecified atom stereocenters. The molecular formula is C19H18ClN5O2S. The molecule has 7 nitrogen and oxygen atoms in total. The number of aromatic amines is 1. The number of morpholine rings is 1. The van der Waals surface area contributed by atoms with E-state index in [0.717, 1.165) is 26.6 Å². The number of aromatic nitrogens is 3. The third kappa shape index (κ3) is 3.38. The first kappa shape index (κ1) is 18.9. The number of nitrogens with zero attached hydrogens (tertiary/aromatic N) is 4. The molecule has 9 heteroatoms. The number of hydrogen-bond acceptors (Lipinski definition) is 7. The Hall–Kier alpha value is -2.44. The number of halogens is 1. The molecule has 0 saturated carbocycles. The Balaban J connectivity index is 1.91. The van der Waals surface area contributed by atoms with Crippen LogP contribution in [-0.2, 0) is 4.74 Å². The summed E-state index contributed by atoms with van der Waals surface area (Å²) in [6.07, 6.45) is 1.24. The Kier molecular flexibility index (Phi) is 5.33. The van der Waals surface area contributed by atoms with Crippen LogP contribution in [0.25, 0.3) is 21.8 Å². The van der Waals surface area contributed by atoms with E-state index in [1.807, 2.05) is 25.1 Å². The van der Waals surface area contributed by atoms with E-state index in [1.54, 1.807) is 0 Å². The number of hydrogen-bond donors (Lipinski definition) is 2. The van der Waals surface area contributed by atoms with Crippen molar-refractivity contribution in [1.29, 1.82) is 5.26 Å². The topological polar surface area (TPSA) is 98.1 Å². The largest absolute Gasteiger partial charge is 0.394 e. The quantitative estimate of drug-likeness (QED) is 0.678. The number of aliphatic hydroxyl groups excluding tert-OH is 1. The van der Waals surface area contributed by atoms with Gasteiger partial charge in [0, 0.05) is 29.2 Å². The van der Waals surface area contributed by atoms with E-state index in [4.69, 9.17) is 16.3 Å². The predicted molar refractivity (Wildman–Crippen MR) is 109 cm³/mol. The lowest BCUT2D eigenvalue weighted by atomic mass is 10.00. The molecule has 144 valence electrons. The minimum atomic E-state index is -0.275. The monoisotopic (exact) mass is 415 g/mol. The van der Waals surface area contributed by atoms with Crippen LogP contribution in [0.2, 0.25) is 5.02 Å². The van der Waals surface area contributed by atoms with E-state index in [-0.39, 0.29) is 12.7 Å². The zero-order valence-corrected chi connectivity index (χ0v) is 16.7. The number of rotatable bonds is 4. The van der Waals surface area contributed by atoms with Gasteiger partial charge in [0.25, 0.3) is 0 Å². The number of thiophene rings is 1. The summed E-state index contributed by atoms with van der Waals surface area (Å²) in [6.45, 7) is 3.56. The van der Waals surface area contributed by atoms with Gasteiger partial charge in [0.2, 0.25) is 0 Å². The fourth-order valence-corrected chi connectivity index (χ4v) is 4.90. The molecule has 0 aliphatic carbocycles. The van der Waals surface area contributed by atoms with Crippen LogP contribution in [0, 0.1) is 18.3 Å². The SMILES string of the molecule is Cc1ccc(-c2c(-c3nnc[nH]3)sc(N3CCOC(CO)C3)c2C#N)c(Cl)c1. The van der Waals surface area contributed by atoms with Crippen molar-refractivity contribution in [2.24, 2.45) is 0 Å². The molecule has 0 spiro atoms. The minimum absolute atomic E-state index is 0.0601. The molecule has 0 bridgehead atoms. The number of aliphatic hydroxyl groups is 1. The Labute approximate surface area is 171 Å². The van der Waals surface area contributed by atoms with Crippen LogP contribution in [0.4, 0.5) is 5.00 Å². The second-order valence-electron chi connectivity index (χ2n) is 6.54. The molecule has 4 rings (SSSR count). The second kappa shape index (κ2) is 7.89. The van der Waals surface area contributed by atoms with Crippen molar-refractivity contribution >= 4 is 27.9 Å². The molecular weight excluding hydrogens is 398 g/mol. The van der Waals surface area contributed by atoms with Crippen LogP contribution in [0.15, 0.2) is 24.5 Å². The fraction of sp³-hybridized carbons (Fsp3) is 0.316. The van der Waals surface area contributed by atoms with Crippen molar-refractivity contribution < 1.29 is 9.84 Å². The van der Waals surface area contributed by atoms with Crippen molar-refractivity contribution in [3.05, 3.63) is 40.7 Å². The maximum atomic E-state index is 10.0. The van der Waals surface area contributed by atoms with E-state index in [1.165, 1.54) is 17.7 Å². The summed E-state index contributed by atoms with van der Waals surface area (Å²) in [5, 5.41) is 29.0. The van der Waals surface area contributed by atoms with Gasteiger partial charge < -0.3 is 19.7 Å². The molecule has 1 saturated heterocycles. The summed E-state index contributed by atoms with van der Waals surface area (Å²) in [5.41, 5.74) is 3.12. The number of H-pyrrole nitrogens is 1. The van der Waals surface area contributed by atoms with Gasteiger partial charge in [-0.25, -0.2) is 0 Å². The van der Waals surface area contributed by atoms with Crippen molar-refractivity contribution in [2.75, 3.05) is 31.2 Å². The molecule has 0 radical (unpaired) electrons. The highest BCUT2D eigenvalue weighted by Gasteiger charge is 2.29. The average molecular weight is 416 g/mol. The van der Waals surface area contributed by atoms with E-state index in [9.17, 15) is 10.4 Å². The number of nitrogens with one attached hydrogen (secondary N) is 1. The summed E-state index contributed by atoms with van der Waals surface area (Å²) in [7, 11) is 0. The summed E-state index contributed by atoms with van der Waals surface area (Å²) >= 11 is 8.02. The van der Waals surface area contributed by atoms with Gasteiger partial charge >= 0.3 is 0 Å². The van der Waals surface area contributed by atoms with Crippen molar-refractivity contribution in [3.8, 4) is 27.9 Å². The van der Waals surface area contributed by atoms with E-state index in [2.05, 4.69) is 26.2 Å². The van der Waals surface area contributed by atoms with Gasteiger partial charge in [0.1, 0.15) is 17.4 Å². The van der Waals surface area contributed by atoms with Crippen molar-refractivity contribution in [1.82, 2.24) is 15.2 Å². The third-order valence-corrected chi connectivity index (χ3v) is 6.23. The standard InChI is InChI=1S/C19H18ClN5O2S/c1-11-2-3-13(15(20)6-11)16-14(7-21)19(25-4-5-27-12(8-25)9-26)28-17(16)18-22-10-23-24-18/h2-3,6,10,12,26H,4-5,8-9H2,1H3,(H,22,23,24). The zero-order chi connectivity index (χ0) is 19.7. The van der Waals surface area contributed by atoms with Crippen molar-refractivity contribution in [2.45, 2.75) is 13.0 Å². The van der Waals surface area contributed by atoms with Gasteiger partial charge in [-0.3, -0.25) is 0 Å². The molecule has 0 amide bonds. The van der Waals surface area contributed by atoms with E-state index < -0.39 is 0 Å². The van der Waals surface area contributed by atoms with Gasteiger partial charge in [-0.05, 0) is 18.6 Å². The molecule has 1 atom stereocenters. The third-order valence-electron chi connectivity index (χ3n) is 4.66. The van der Waals surface area contributed by atoms with E-state index >= 15 is 0 Å². The Morgan fingerprint density at radius 3 is 3.04 bits per heavy atom. The van der Waals surface area contributed by atoms with Gasteiger partial charge in [-0.15, -0.1) is 21.5 Å². The van der Waals surface area contributed by atoms with Crippen LogP contribution in [0.1, 0.15) is 11.1 Å². The van der Waals surface area contributed by atoms with Crippen LogP contribution in [0.3, 0.4) is 0 Å². The lowest BCUT2D eigenvalue weighted by Crippen LogP contribution is -2.44. The summed E-state index contributed by atoms with van der Waals surface area (Å²) in [6, 6.07) is 8.15. The smallest absolute Gasteiger partial charge is 0.171 e. The lowest BCUT2D eigenvalue weighted by molar-refractivity contribution is 0.00373. The van der Waals surface area contributed by atoms with Crippen LogP contribution in [0.5, 0.6) is 0 Å². The van der Waals surface area contributed by atoms with Gasteiger partial charge in [-0.1, -0.05) is 23.7 Å². The average Bonchev–Trinajstić information content (AvgIpc) is 3.35. The number of ether oxygens (including phenoxy) is 1. The van der Waals surface area contributed by atoms with Crippen LogP contribution >= 0.6 is 22.9 Å². The summed E-state index contributed by atoms with van der Waals surface area (Å²) in [5.74, 6) is 0.589. The van der Waals surface area contributed by atoms with Crippen LogP contribution < -0.4 is 4.90 Å². The fourth-order valence-electron chi connectivity index (χ4n) is 3.32. The number of anilines is 1. The zero-order valence-electron chi connectivity index (χ0n) is 15.1. The molecule has 1 aliphatic heterocycles. The second-order valence-corrected chi connectivity index (χ2v) is 7.95. The molecule has 2 N–H and O–H groups in total. The highest BCUT2D eigenvalue weighted by molar-refractivity contribution is 7.20. The maximum absolute atomic E-state index is 10.0. The maximum Gasteiger partial charge on any atom is 0.171 e. The van der Waals surface area contributed by atoms with E-state index in [0.29, 0.717) is 36.1 Å². The van der Waals surface area contributed by atoms with Crippen molar-refractivity contribution in [3.63, 3.8) is 0 Å². The molecule has 1 fully saturated rings. The molecule has 3 heterocycles. The van der Waals surface area contributed by atoms with Gasteiger partial charge in [0.15, 0.2) is 5.82 Å². The molecule has 3 aromatic rings. The lowest BCUT2D eigenvalue weighted by Gasteiger charge is -2.32. The summed E-state index contributed by atoms with van der Waals surface area (Å²) < 4.78 is 5.56. The number of nitriles is 1. The summed E-state index contributed by atoms with van der Waals surface area (Å²) in [4.78, 5) is 5.92.